The van der Waals surface area contributed by atoms with Crippen LogP contribution in [0.5, 0.6) is 0 Å². The van der Waals surface area contributed by atoms with Gasteiger partial charge >= 0.3 is 5.69 Å². The van der Waals surface area contributed by atoms with Crippen LogP contribution in [0.1, 0.15) is 11.1 Å². The highest BCUT2D eigenvalue weighted by Gasteiger charge is 2.19. The second-order valence-corrected chi connectivity index (χ2v) is 6.83. The van der Waals surface area contributed by atoms with Crippen LogP contribution in [0.2, 0.25) is 0 Å². The summed E-state index contributed by atoms with van der Waals surface area (Å²) in [7, 11) is -1.18. The average molecular weight is 323 g/mol. The molecule has 0 amide bonds. The van der Waals surface area contributed by atoms with Crippen molar-refractivity contribution in [3.63, 3.8) is 0 Å². The van der Waals surface area contributed by atoms with Crippen LogP contribution in [-0.4, -0.2) is 17.6 Å². The highest BCUT2D eigenvalue weighted by Crippen LogP contribution is 2.18. The highest BCUT2D eigenvalue weighted by molar-refractivity contribution is 7.92. The fourth-order valence-electron chi connectivity index (χ4n) is 2.07. The number of hydrogen-bond acceptors (Lipinski definition) is 4. The van der Waals surface area contributed by atoms with E-state index in [1.165, 1.54) is 26.4 Å². The Morgan fingerprint density at radius 2 is 1.73 bits per heavy atom. The van der Waals surface area contributed by atoms with Crippen LogP contribution >= 0.6 is 0 Å². The van der Waals surface area contributed by atoms with Crippen molar-refractivity contribution < 1.29 is 8.42 Å². The summed E-state index contributed by atoms with van der Waals surface area (Å²) in [5.41, 5.74) is -0.0405. The predicted octanol–water partition coefficient (Wildman–Crippen LogP) is 0.502. The van der Waals surface area contributed by atoms with Crippen molar-refractivity contribution >= 4 is 15.7 Å². The van der Waals surface area contributed by atoms with Gasteiger partial charge in [-0.3, -0.25) is 14.1 Å². The van der Waals surface area contributed by atoms with Gasteiger partial charge in [0.15, 0.2) is 0 Å². The molecule has 0 unspecified atom stereocenters. The first-order valence-corrected chi connectivity index (χ1v) is 7.98. The van der Waals surface area contributed by atoms with Crippen molar-refractivity contribution in [2.75, 3.05) is 4.72 Å². The minimum atomic E-state index is -3.91. The summed E-state index contributed by atoms with van der Waals surface area (Å²) in [5, 5.41) is 0. The van der Waals surface area contributed by atoms with Gasteiger partial charge < -0.3 is 4.57 Å². The lowest BCUT2D eigenvalue weighted by Gasteiger charge is -2.12. The Morgan fingerprint density at radius 3 is 2.36 bits per heavy atom. The zero-order valence-corrected chi connectivity index (χ0v) is 13.6. The Balaban J connectivity index is 2.57. The molecule has 22 heavy (non-hydrogen) atoms. The number of anilines is 1. The fourth-order valence-corrected chi connectivity index (χ4v) is 3.45. The molecule has 0 bridgehead atoms. The summed E-state index contributed by atoms with van der Waals surface area (Å²) < 4.78 is 29.2. The lowest BCUT2D eigenvalue weighted by molar-refractivity contribution is 0.600. The molecule has 0 aliphatic carbocycles. The van der Waals surface area contributed by atoms with Crippen LogP contribution in [0, 0.1) is 13.8 Å². The maximum Gasteiger partial charge on any atom is 0.330 e. The molecule has 2 aromatic rings. The van der Waals surface area contributed by atoms with E-state index in [9.17, 15) is 18.0 Å². The first kappa shape index (κ1) is 16.0. The topological polar surface area (TPSA) is 90.2 Å². The zero-order chi connectivity index (χ0) is 16.7. The Kier molecular flexibility index (Phi) is 3.97. The molecule has 0 atom stereocenters. The Labute approximate surface area is 127 Å². The van der Waals surface area contributed by atoms with Crippen LogP contribution in [-0.2, 0) is 24.1 Å². The molecule has 1 heterocycles. The van der Waals surface area contributed by atoms with Crippen molar-refractivity contribution in [2.45, 2.75) is 18.7 Å². The van der Waals surface area contributed by atoms with Gasteiger partial charge in [-0.05, 0) is 31.0 Å². The monoisotopic (exact) mass is 323 g/mol. The standard InChI is InChI=1S/C14H17N3O4S/c1-9-5-6-10(2)12(7-9)22(20,21)15-11-8-16(3)14(19)17(4)13(11)18/h5-8,15H,1-4H3. The van der Waals surface area contributed by atoms with Crippen LogP contribution in [0.3, 0.4) is 0 Å². The molecule has 0 fully saturated rings. The number of aromatic nitrogens is 2. The van der Waals surface area contributed by atoms with Crippen molar-refractivity contribution in [3.05, 3.63) is 56.4 Å². The quantitative estimate of drug-likeness (QED) is 0.891. The van der Waals surface area contributed by atoms with E-state index in [2.05, 4.69) is 4.72 Å². The normalized spacial score (nSPS) is 11.5. The molecule has 0 radical (unpaired) electrons. The molecular formula is C14H17N3O4S. The average Bonchev–Trinajstić information content (AvgIpc) is 2.44. The van der Waals surface area contributed by atoms with Gasteiger partial charge in [0.1, 0.15) is 5.69 Å². The predicted molar refractivity (Wildman–Crippen MR) is 83.6 cm³/mol. The molecule has 1 aromatic carbocycles. The van der Waals surface area contributed by atoms with Crippen LogP contribution in [0.4, 0.5) is 5.69 Å². The largest absolute Gasteiger partial charge is 0.330 e. The highest BCUT2D eigenvalue weighted by atomic mass is 32.2. The van der Waals surface area contributed by atoms with Crippen molar-refractivity contribution in [1.29, 1.82) is 0 Å². The number of hydrogen-bond donors (Lipinski definition) is 1. The second kappa shape index (κ2) is 5.45. The number of nitrogens with one attached hydrogen (secondary N) is 1. The molecule has 0 saturated carbocycles. The van der Waals surface area contributed by atoms with Crippen LogP contribution < -0.4 is 16.0 Å². The fraction of sp³-hybridized carbons (Fsp3) is 0.286. The van der Waals surface area contributed by atoms with Crippen LogP contribution in [0.15, 0.2) is 38.9 Å². The summed E-state index contributed by atoms with van der Waals surface area (Å²) >= 11 is 0. The molecule has 0 spiro atoms. The van der Waals surface area contributed by atoms with Crippen LogP contribution in [0.25, 0.3) is 0 Å². The van der Waals surface area contributed by atoms with E-state index < -0.39 is 21.3 Å². The van der Waals surface area contributed by atoms with Gasteiger partial charge in [0.25, 0.3) is 15.6 Å². The summed E-state index contributed by atoms with van der Waals surface area (Å²) in [5.74, 6) is 0. The summed E-state index contributed by atoms with van der Waals surface area (Å²) in [6, 6.07) is 5.03. The van der Waals surface area contributed by atoms with E-state index in [1.54, 1.807) is 26.0 Å². The maximum atomic E-state index is 12.5. The Morgan fingerprint density at radius 1 is 1.09 bits per heavy atom. The van der Waals surface area contributed by atoms with E-state index in [-0.39, 0.29) is 10.6 Å². The number of benzene rings is 1. The molecule has 1 aromatic heterocycles. The van der Waals surface area contributed by atoms with Gasteiger partial charge in [0, 0.05) is 20.3 Å². The number of rotatable bonds is 3. The van der Waals surface area contributed by atoms with Gasteiger partial charge in [-0.2, -0.15) is 0 Å². The summed E-state index contributed by atoms with van der Waals surface area (Å²) in [4.78, 5) is 23.8. The Hall–Kier alpha value is -2.35. The SMILES string of the molecule is Cc1ccc(C)c(S(=O)(=O)Nc2cn(C)c(=O)n(C)c2=O)c1. The number of nitrogens with zero attached hydrogens (tertiary/aromatic N) is 2. The summed E-state index contributed by atoms with van der Waals surface area (Å²) in [6.45, 7) is 3.45. The molecule has 2 rings (SSSR count). The smallest absolute Gasteiger partial charge is 0.301 e. The first-order chi connectivity index (χ1) is 10.1. The van der Waals surface area contributed by atoms with E-state index >= 15 is 0 Å². The summed E-state index contributed by atoms with van der Waals surface area (Å²) in [6.07, 6.45) is 1.17. The third kappa shape index (κ3) is 2.82. The van der Waals surface area contributed by atoms with Gasteiger partial charge in [0.2, 0.25) is 0 Å². The lowest BCUT2D eigenvalue weighted by atomic mass is 10.2. The molecule has 0 saturated heterocycles. The lowest BCUT2D eigenvalue weighted by Crippen LogP contribution is -2.38. The van der Waals surface area contributed by atoms with Crippen molar-refractivity contribution in [3.8, 4) is 0 Å². The van der Waals surface area contributed by atoms with Gasteiger partial charge in [-0.15, -0.1) is 0 Å². The van der Waals surface area contributed by atoms with Crippen molar-refractivity contribution in [2.24, 2.45) is 14.1 Å². The van der Waals surface area contributed by atoms with E-state index in [1.807, 2.05) is 0 Å². The molecular weight excluding hydrogens is 306 g/mol. The van der Waals surface area contributed by atoms with Gasteiger partial charge in [-0.1, -0.05) is 12.1 Å². The maximum absolute atomic E-state index is 12.5. The zero-order valence-electron chi connectivity index (χ0n) is 12.7. The minimum Gasteiger partial charge on any atom is -0.301 e. The molecule has 0 aliphatic heterocycles. The van der Waals surface area contributed by atoms with Crippen molar-refractivity contribution in [1.82, 2.24) is 9.13 Å². The molecule has 118 valence electrons. The van der Waals surface area contributed by atoms with E-state index in [4.69, 9.17) is 0 Å². The molecule has 7 nitrogen and oxygen atoms in total. The number of sulfonamides is 1. The molecule has 8 heteroatoms. The van der Waals surface area contributed by atoms with E-state index in [0.29, 0.717) is 5.56 Å². The third-order valence-corrected chi connectivity index (χ3v) is 4.83. The third-order valence-electron chi connectivity index (χ3n) is 3.32. The van der Waals surface area contributed by atoms with Gasteiger partial charge in [0.05, 0.1) is 4.90 Å². The molecule has 1 N–H and O–H groups in total. The minimum absolute atomic E-state index is 0.100. The molecule has 0 aliphatic rings. The second-order valence-electron chi connectivity index (χ2n) is 5.17. The number of aryl methyl sites for hydroxylation is 3. The Bertz CT molecular complexity index is 955. The van der Waals surface area contributed by atoms with E-state index in [0.717, 1.165) is 14.7 Å². The first-order valence-electron chi connectivity index (χ1n) is 6.50. The van der Waals surface area contributed by atoms with Gasteiger partial charge in [-0.25, -0.2) is 13.2 Å².